The number of fused-ring (bicyclic) bond motifs is 2. The average Bonchev–Trinajstić information content (AvgIpc) is 1.55. The fourth-order valence-electron chi connectivity index (χ4n) is 15.8. The summed E-state index contributed by atoms with van der Waals surface area (Å²) in [6.07, 6.45) is 22.6. The average molecular weight is 1530 g/mol. The topological polar surface area (TPSA) is 171 Å². The molecule has 21 heteroatoms. The van der Waals surface area contributed by atoms with Gasteiger partial charge in [-0.25, -0.2) is 4.39 Å². The second-order valence-electron chi connectivity index (χ2n) is 30.7. The molecular weight excluding hydrogens is 1420 g/mol. The first-order chi connectivity index (χ1) is 51.1. The maximum atomic E-state index is 14.7. The van der Waals surface area contributed by atoms with Gasteiger partial charge in [-0.2, -0.15) is 0 Å². The normalized spacial score (nSPS) is 18.3. The molecule has 0 amide bonds. The molecule has 4 aromatic carbocycles. The van der Waals surface area contributed by atoms with Gasteiger partial charge in [0, 0.05) is 109 Å². The van der Waals surface area contributed by atoms with Crippen LogP contribution in [0.3, 0.4) is 0 Å². The van der Waals surface area contributed by atoms with E-state index in [1.54, 1.807) is 44.2 Å². The molecule has 0 radical (unpaired) electrons. The molecule has 5 aliphatic heterocycles. The largest absolute Gasteiger partial charge is 0.395 e. The zero-order valence-electron chi connectivity index (χ0n) is 61.7. The Bertz CT molecular complexity index is 4540. The molecule has 4 aromatic heterocycles. The van der Waals surface area contributed by atoms with Gasteiger partial charge in [-0.15, -0.1) is 0 Å². The van der Waals surface area contributed by atoms with Crippen LogP contribution in [0.15, 0.2) is 171 Å². The van der Waals surface area contributed by atoms with E-state index in [-0.39, 0.29) is 56.6 Å². The van der Waals surface area contributed by atoms with Crippen molar-refractivity contribution in [2.45, 2.75) is 191 Å². The number of pyridine rings is 4. The summed E-state index contributed by atoms with van der Waals surface area (Å²) in [6, 6.07) is 41.4. The zero-order chi connectivity index (χ0) is 74.9. The minimum Gasteiger partial charge on any atom is -0.395 e. The SMILES string of the molecule is CCCCn1ccc(N2CCC(c3ccc(C(C)(C)O)cc3F)CC2)c(Cl)c1=O.CCCCn1ccc(N2CCC3(CC2)OCc2ccccc23)c(Cl)c1=O.O=c1c(Cl)c(N2CCC(CO)(c3ccccc3)CC2)ccn1CC1CC1.O=c1c(Cl)c(N2CCC(O)(c3ccccc3)CC2)ccn1CC1CC1. The molecule has 8 aromatic rings. The molecule has 0 atom stereocenters. The van der Waals surface area contributed by atoms with Crippen LogP contribution in [0.1, 0.15) is 170 Å². The summed E-state index contributed by atoms with van der Waals surface area (Å²) in [5.41, 5.74) is 6.63. The summed E-state index contributed by atoms with van der Waals surface area (Å²) in [4.78, 5) is 58.8. The number of aromatic nitrogens is 4. The molecule has 6 fully saturated rings. The Morgan fingerprint density at radius 1 is 0.500 bits per heavy atom. The van der Waals surface area contributed by atoms with Gasteiger partial charge < -0.3 is 57.9 Å². The number of benzene rings is 4. The van der Waals surface area contributed by atoms with Crippen LogP contribution in [0, 0.1) is 17.7 Å². The van der Waals surface area contributed by atoms with Gasteiger partial charge in [0.1, 0.15) is 25.9 Å². The van der Waals surface area contributed by atoms with E-state index in [0.717, 1.165) is 151 Å². The van der Waals surface area contributed by atoms with Gasteiger partial charge in [0.15, 0.2) is 0 Å². The van der Waals surface area contributed by atoms with Gasteiger partial charge >= 0.3 is 0 Å². The molecule has 4 saturated heterocycles. The molecule has 7 aliphatic rings. The number of hydrogen-bond donors (Lipinski definition) is 3. The first kappa shape index (κ1) is 78.4. The summed E-state index contributed by atoms with van der Waals surface area (Å²) >= 11 is 25.6. The molecule has 1 spiro atoms. The van der Waals surface area contributed by atoms with E-state index in [0.29, 0.717) is 77.1 Å². The maximum Gasteiger partial charge on any atom is 0.271 e. The van der Waals surface area contributed by atoms with Crippen molar-refractivity contribution in [3.05, 3.63) is 253 Å². The highest BCUT2D eigenvalue weighted by Gasteiger charge is 2.43. The van der Waals surface area contributed by atoms with Gasteiger partial charge in [-0.3, -0.25) is 19.2 Å². The Morgan fingerprint density at radius 2 is 0.906 bits per heavy atom. The molecule has 566 valence electrons. The smallest absolute Gasteiger partial charge is 0.271 e. The first-order valence-corrected chi connectivity index (χ1v) is 39.8. The number of unbranched alkanes of at least 4 members (excludes halogenated alkanes) is 2. The van der Waals surface area contributed by atoms with E-state index in [4.69, 9.17) is 51.1 Å². The van der Waals surface area contributed by atoms with Crippen molar-refractivity contribution in [1.29, 1.82) is 0 Å². The molecular formula is C85H103Cl4FN8O8. The molecule has 16 nitrogen and oxygen atoms in total. The van der Waals surface area contributed by atoms with Crippen LogP contribution in [-0.4, -0.2) is 92.6 Å². The third kappa shape index (κ3) is 18.1. The van der Waals surface area contributed by atoms with Gasteiger partial charge in [0.2, 0.25) is 0 Å². The molecule has 3 N–H and O–H groups in total. The number of ether oxygens (including phenoxy) is 1. The lowest BCUT2D eigenvalue weighted by molar-refractivity contribution is -0.0551. The summed E-state index contributed by atoms with van der Waals surface area (Å²) in [6.45, 7) is 17.3. The molecule has 2 saturated carbocycles. The zero-order valence-corrected chi connectivity index (χ0v) is 64.8. The Kier molecular flexibility index (Phi) is 25.6. The number of aliphatic hydroxyl groups is 3. The van der Waals surface area contributed by atoms with Crippen LogP contribution >= 0.6 is 46.4 Å². The van der Waals surface area contributed by atoms with Gasteiger partial charge in [0.05, 0.1) is 52.8 Å². The summed E-state index contributed by atoms with van der Waals surface area (Å²) in [7, 11) is 0. The van der Waals surface area contributed by atoms with Crippen molar-refractivity contribution in [3.63, 3.8) is 0 Å². The van der Waals surface area contributed by atoms with Crippen molar-refractivity contribution in [1.82, 2.24) is 18.3 Å². The number of anilines is 4. The first-order valence-electron chi connectivity index (χ1n) is 38.3. The Balaban J connectivity index is 0.000000133. The number of nitrogens with zero attached hydrogens (tertiary/aromatic N) is 8. The second-order valence-corrected chi connectivity index (χ2v) is 32.2. The van der Waals surface area contributed by atoms with Crippen LogP contribution in [0.5, 0.6) is 0 Å². The van der Waals surface area contributed by atoms with E-state index >= 15 is 0 Å². The monoisotopic (exact) mass is 1520 g/mol. The van der Waals surface area contributed by atoms with E-state index in [2.05, 4.69) is 69.8 Å². The minimum atomic E-state index is -1.06. The van der Waals surface area contributed by atoms with Crippen LogP contribution in [0.2, 0.25) is 20.1 Å². The lowest BCUT2D eigenvalue weighted by atomic mass is 9.73. The molecule has 15 rings (SSSR count). The minimum absolute atomic E-state index is 0.0830. The fraction of sp³-hybridized carbons (Fsp3) is 0.482. The quantitative estimate of drug-likeness (QED) is 0.0701. The third-order valence-electron chi connectivity index (χ3n) is 23.1. The molecule has 106 heavy (non-hydrogen) atoms. The number of hydrogen-bond acceptors (Lipinski definition) is 12. The van der Waals surface area contributed by atoms with Crippen LogP contribution in [0.4, 0.5) is 27.1 Å². The van der Waals surface area contributed by atoms with Gasteiger partial charge in [0.25, 0.3) is 22.2 Å². The standard InChI is InChI=1S/C23H30ClFN2O2.2C21H25ClN2O2.C20H23ClN2O2/c1-4-5-11-27-14-10-20(21(24)22(27)28)26-12-8-16(9-13-26)18-7-6-17(15-19(18)25)23(2,3)29;1-2-3-11-24-12-8-18(19(22)20(24)25)23-13-9-21(10-14-23)17-7-5-4-6-16(17)15-26-21;22-19-18(8-11-24(20(19)26)14-16-6-7-16)23-12-9-21(15-25,10-13-23)17-4-2-1-3-5-17;21-18-17(8-11-23(19(18)24)14-15-6-7-15)22-12-9-20(25,10-13-22)16-4-2-1-3-5-16/h6-7,10,14-16,29H,4-5,8-9,11-13H2,1-3H3;4-8,12H,2-3,9-11,13-15H2,1H3;1-5,8,11,16,25H,6-7,9-10,12-15H2;1-5,8,11,15,25H,6-7,9-10,12-14H2. The number of rotatable bonds is 19. The van der Waals surface area contributed by atoms with Crippen LogP contribution in [-0.2, 0) is 59.7 Å². The van der Waals surface area contributed by atoms with Crippen molar-refractivity contribution in [2.75, 3.05) is 78.6 Å². The number of halogens is 5. The van der Waals surface area contributed by atoms with Crippen molar-refractivity contribution >= 4 is 69.2 Å². The highest BCUT2D eigenvalue weighted by atomic mass is 35.5. The summed E-state index contributed by atoms with van der Waals surface area (Å²) < 4.78 is 27.7. The van der Waals surface area contributed by atoms with E-state index in [1.807, 2.05) is 97.6 Å². The molecule has 0 bridgehead atoms. The highest BCUT2D eigenvalue weighted by molar-refractivity contribution is 6.34. The van der Waals surface area contributed by atoms with Crippen LogP contribution < -0.4 is 41.8 Å². The van der Waals surface area contributed by atoms with Crippen molar-refractivity contribution in [3.8, 4) is 0 Å². The lowest BCUT2D eigenvalue weighted by Crippen LogP contribution is -2.45. The summed E-state index contributed by atoms with van der Waals surface area (Å²) in [5, 5.41) is 32.3. The van der Waals surface area contributed by atoms with Crippen molar-refractivity contribution in [2.24, 2.45) is 11.8 Å². The molecule has 2 aliphatic carbocycles. The molecule has 0 unspecified atom stereocenters. The van der Waals surface area contributed by atoms with Gasteiger partial charge in [-0.1, -0.05) is 170 Å². The van der Waals surface area contributed by atoms with E-state index in [1.165, 1.54) is 48.4 Å². The Morgan fingerprint density at radius 3 is 1.34 bits per heavy atom. The third-order valence-corrected chi connectivity index (χ3v) is 24.5. The number of aliphatic hydroxyl groups excluding tert-OH is 1. The lowest BCUT2D eigenvalue weighted by Gasteiger charge is -2.42. The number of piperidine rings is 4. The van der Waals surface area contributed by atoms with E-state index in [9.17, 15) is 38.9 Å². The molecule has 9 heterocycles. The van der Waals surface area contributed by atoms with Gasteiger partial charge in [-0.05, 0) is 185 Å². The predicted octanol–water partition coefficient (Wildman–Crippen LogP) is 16.2. The van der Waals surface area contributed by atoms with Crippen molar-refractivity contribution < 1.29 is 24.4 Å². The predicted molar refractivity (Wildman–Crippen MR) is 427 cm³/mol. The van der Waals surface area contributed by atoms with Crippen LogP contribution in [0.25, 0.3) is 0 Å². The maximum absolute atomic E-state index is 14.7. The summed E-state index contributed by atoms with van der Waals surface area (Å²) in [5.74, 6) is 1.13. The Labute approximate surface area is 642 Å². The second kappa shape index (κ2) is 34.6. The van der Waals surface area contributed by atoms with E-state index < -0.39 is 11.2 Å². The fourth-order valence-corrected chi connectivity index (χ4v) is 17.0. The highest BCUT2D eigenvalue weighted by Crippen LogP contribution is 2.46. The number of aryl methyl sites for hydroxylation is 2. The Hall–Kier alpha value is -7.19.